The minimum atomic E-state index is 0.303. The van der Waals surface area contributed by atoms with Crippen molar-refractivity contribution in [3.05, 3.63) is 47.9 Å². The van der Waals surface area contributed by atoms with Crippen molar-refractivity contribution in [2.24, 2.45) is 0 Å². The number of aryl methyl sites for hydroxylation is 2. The molecule has 5 nitrogen and oxygen atoms in total. The van der Waals surface area contributed by atoms with E-state index in [9.17, 15) is 0 Å². The third-order valence-electron chi connectivity index (χ3n) is 3.54. The number of hydrogen-bond acceptors (Lipinski definition) is 5. The lowest BCUT2D eigenvalue weighted by atomic mass is 10.1. The molecule has 21 heavy (non-hydrogen) atoms. The summed E-state index contributed by atoms with van der Waals surface area (Å²) in [5, 5.41) is 8.24. The van der Waals surface area contributed by atoms with E-state index >= 15 is 0 Å². The van der Waals surface area contributed by atoms with Crippen LogP contribution < -0.4 is 5.32 Å². The van der Waals surface area contributed by atoms with Crippen molar-refractivity contribution >= 4 is 16.9 Å². The third kappa shape index (κ3) is 3.02. The molecule has 1 N–H and O–H groups in total. The Morgan fingerprint density at radius 3 is 2.81 bits per heavy atom. The predicted molar refractivity (Wildman–Crippen MR) is 82.2 cm³/mol. The Labute approximate surface area is 123 Å². The minimum absolute atomic E-state index is 0.303. The quantitative estimate of drug-likeness (QED) is 0.777. The van der Waals surface area contributed by atoms with Crippen molar-refractivity contribution in [3.63, 3.8) is 0 Å². The van der Waals surface area contributed by atoms with Gasteiger partial charge in [-0.2, -0.15) is 4.98 Å². The number of hydrogen-bond donors (Lipinski definition) is 1. The highest BCUT2D eigenvalue weighted by Crippen LogP contribution is 2.23. The van der Waals surface area contributed by atoms with Crippen molar-refractivity contribution in [1.82, 2.24) is 15.1 Å². The van der Waals surface area contributed by atoms with E-state index in [0.717, 1.165) is 29.7 Å². The van der Waals surface area contributed by atoms with Crippen molar-refractivity contribution in [1.29, 1.82) is 0 Å². The topological polar surface area (TPSA) is 63.8 Å². The molecule has 0 bridgehead atoms. The molecule has 1 atom stereocenters. The molecule has 3 rings (SSSR count). The van der Waals surface area contributed by atoms with Crippen molar-refractivity contribution < 1.29 is 4.52 Å². The van der Waals surface area contributed by atoms with E-state index in [1.165, 1.54) is 11.9 Å². The van der Waals surface area contributed by atoms with E-state index in [-0.39, 0.29) is 0 Å². The summed E-state index contributed by atoms with van der Waals surface area (Å²) in [5.74, 6) is 0.791. The molecular formula is C16H18N4O. The molecule has 0 radical (unpaired) electrons. The van der Waals surface area contributed by atoms with Gasteiger partial charge in [0.25, 0.3) is 5.71 Å². The molecule has 0 amide bonds. The van der Waals surface area contributed by atoms with Gasteiger partial charge in [-0.05, 0) is 32.3 Å². The van der Waals surface area contributed by atoms with Gasteiger partial charge in [0.2, 0.25) is 0 Å². The molecule has 0 spiro atoms. The predicted octanol–water partition coefficient (Wildman–Crippen LogP) is 3.36. The highest BCUT2D eigenvalue weighted by atomic mass is 16.5. The number of rotatable bonds is 5. The molecule has 0 unspecified atom stereocenters. The van der Waals surface area contributed by atoms with Crippen LogP contribution in [0.25, 0.3) is 11.1 Å². The van der Waals surface area contributed by atoms with Crippen LogP contribution in [0.4, 0.5) is 5.82 Å². The summed E-state index contributed by atoms with van der Waals surface area (Å²) >= 11 is 0. The van der Waals surface area contributed by atoms with Crippen LogP contribution in [-0.2, 0) is 6.42 Å². The van der Waals surface area contributed by atoms with Crippen LogP contribution in [0.2, 0.25) is 0 Å². The van der Waals surface area contributed by atoms with E-state index in [1.54, 1.807) is 0 Å². The molecule has 0 aliphatic carbocycles. The average molecular weight is 282 g/mol. The van der Waals surface area contributed by atoms with Gasteiger partial charge in [-0.1, -0.05) is 35.5 Å². The summed E-state index contributed by atoms with van der Waals surface area (Å²) in [6.07, 6.45) is 3.56. The van der Waals surface area contributed by atoms with E-state index < -0.39 is 0 Å². The molecule has 0 saturated carbocycles. The highest BCUT2D eigenvalue weighted by Gasteiger charge is 2.13. The first-order valence-electron chi connectivity index (χ1n) is 7.11. The van der Waals surface area contributed by atoms with Gasteiger partial charge in [-0.25, -0.2) is 4.98 Å². The fourth-order valence-electron chi connectivity index (χ4n) is 2.36. The molecule has 0 fully saturated rings. The van der Waals surface area contributed by atoms with E-state index in [1.807, 2.05) is 13.0 Å². The van der Waals surface area contributed by atoms with Crippen LogP contribution in [0, 0.1) is 6.92 Å². The maximum Gasteiger partial charge on any atom is 0.263 e. The second-order valence-electron chi connectivity index (χ2n) is 5.24. The third-order valence-corrected chi connectivity index (χ3v) is 3.54. The maximum absolute atomic E-state index is 5.16. The van der Waals surface area contributed by atoms with Crippen LogP contribution in [0.1, 0.15) is 24.6 Å². The molecule has 0 saturated heterocycles. The van der Waals surface area contributed by atoms with Gasteiger partial charge in [0.1, 0.15) is 17.5 Å². The second-order valence-corrected chi connectivity index (χ2v) is 5.24. The molecule has 2 aromatic heterocycles. The standard InChI is InChI=1S/C16H18N4O/c1-11(8-9-13-6-4-3-5-7-13)19-15-14-12(2)20-21-16(14)18-10-17-15/h3-7,10-11H,8-9H2,1-2H3,(H,17,18,19)/t11-/m0/s1. The molecule has 5 heteroatoms. The number of nitrogens with zero attached hydrogens (tertiary/aromatic N) is 3. The molecule has 3 aromatic rings. The van der Waals surface area contributed by atoms with Gasteiger partial charge in [0.05, 0.1) is 5.69 Å². The fraction of sp³-hybridized carbons (Fsp3) is 0.312. The summed E-state index contributed by atoms with van der Waals surface area (Å²) in [4.78, 5) is 8.40. The monoisotopic (exact) mass is 282 g/mol. The lowest BCUT2D eigenvalue weighted by Gasteiger charge is -2.14. The fourth-order valence-corrected chi connectivity index (χ4v) is 2.36. The SMILES string of the molecule is Cc1noc2ncnc(N[C@@H](C)CCc3ccccc3)c12. The number of aromatic nitrogens is 3. The van der Waals surface area contributed by atoms with Crippen molar-refractivity contribution in [3.8, 4) is 0 Å². The molecule has 1 aromatic carbocycles. The summed E-state index contributed by atoms with van der Waals surface area (Å²) in [6, 6.07) is 10.8. The zero-order valence-corrected chi connectivity index (χ0v) is 12.2. The smallest absolute Gasteiger partial charge is 0.263 e. The van der Waals surface area contributed by atoms with Crippen LogP contribution in [0.3, 0.4) is 0 Å². The average Bonchev–Trinajstić information content (AvgIpc) is 2.89. The molecule has 108 valence electrons. The number of benzene rings is 1. The van der Waals surface area contributed by atoms with Gasteiger partial charge in [-0.15, -0.1) is 0 Å². The van der Waals surface area contributed by atoms with Crippen LogP contribution in [-0.4, -0.2) is 21.2 Å². The Balaban J connectivity index is 1.69. The van der Waals surface area contributed by atoms with Crippen LogP contribution in [0.5, 0.6) is 0 Å². The minimum Gasteiger partial charge on any atom is -0.367 e. The Morgan fingerprint density at radius 2 is 2.00 bits per heavy atom. The number of fused-ring (bicyclic) bond motifs is 1. The van der Waals surface area contributed by atoms with Gasteiger partial charge in [0, 0.05) is 6.04 Å². The van der Waals surface area contributed by atoms with Gasteiger partial charge in [0.15, 0.2) is 0 Å². The van der Waals surface area contributed by atoms with Crippen LogP contribution >= 0.6 is 0 Å². The van der Waals surface area contributed by atoms with Gasteiger partial charge in [-0.3, -0.25) is 0 Å². The largest absolute Gasteiger partial charge is 0.367 e. The maximum atomic E-state index is 5.16. The molecule has 0 aliphatic heterocycles. The first-order chi connectivity index (χ1) is 10.2. The first-order valence-corrected chi connectivity index (χ1v) is 7.11. The molecule has 0 aliphatic rings. The summed E-state index contributed by atoms with van der Waals surface area (Å²) in [5.41, 5.74) is 2.68. The lowest BCUT2D eigenvalue weighted by molar-refractivity contribution is 0.442. The summed E-state index contributed by atoms with van der Waals surface area (Å²) < 4.78 is 5.16. The number of anilines is 1. The Morgan fingerprint density at radius 1 is 1.19 bits per heavy atom. The Hall–Kier alpha value is -2.43. The first kappa shape index (κ1) is 13.5. The van der Waals surface area contributed by atoms with Crippen molar-refractivity contribution in [2.45, 2.75) is 32.7 Å². The Kier molecular flexibility index (Phi) is 3.81. The zero-order valence-electron chi connectivity index (χ0n) is 12.2. The second kappa shape index (κ2) is 5.91. The van der Waals surface area contributed by atoms with Crippen molar-refractivity contribution in [2.75, 3.05) is 5.32 Å². The Bertz CT molecular complexity index is 723. The van der Waals surface area contributed by atoms with E-state index in [2.05, 4.69) is 51.6 Å². The highest BCUT2D eigenvalue weighted by molar-refractivity contribution is 5.87. The van der Waals surface area contributed by atoms with Crippen LogP contribution in [0.15, 0.2) is 41.2 Å². The summed E-state index contributed by atoms with van der Waals surface area (Å²) in [6.45, 7) is 4.05. The lowest BCUT2D eigenvalue weighted by Crippen LogP contribution is -2.17. The van der Waals surface area contributed by atoms with Gasteiger partial charge < -0.3 is 9.84 Å². The van der Waals surface area contributed by atoms with E-state index in [4.69, 9.17) is 4.52 Å². The summed E-state index contributed by atoms with van der Waals surface area (Å²) in [7, 11) is 0. The normalized spacial score (nSPS) is 12.5. The zero-order chi connectivity index (χ0) is 14.7. The van der Waals surface area contributed by atoms with Gasteiger partial charge >= 0.3 is 0 Å². The molecular weight excluding hydrogens is 264 g/mol. The molecule has 2 heterocycles. The van der Waals surface area contributed by atoms with E-state index in [0.29, 0.717) is 11.8 Å². The number of nitrogens with one attached hydrogen (secondary N) is 1.